The van der Waals surface area contributed by atoms with Crippen molar-refractivity contribution in [1.82, 2.24) is 14.9 Å². The SMILES string of the molecule is CCC1=C(C)CN(C(=O)NCC(=O)c2ccc(S(=O)(=O)NC(=O)OC)cc2)C1=O. The van der Waals surface area contributed by atoms with Gasteiger partial charge in [-0.05, 0) is 43.2 Å². The van der Waals surface area contributed by atoms with E-state index in [9.17, 15) is 27.6 Å². The molecule has 1 aromatic carbocycles. The summed E-state index contributed by atoms with van der Waals surface area (Å²) in [6, 6.07) is 4.12. The number of imide groups is 1. The van der Waals surface area contributed by atoms with Crippen LogP contribution in [0.25, 0.3) is 0 Å². The number of amides is 4. The van der Waals surface area contributed by atoms with Crippen LogP contribution in [0.3, 0.4) is 0 Å². The van der Waals surface area contributed by atoms with Crippen molar-refractivity contribution in [2.75, 3.05) is 20.2 Å². The summed E-state index contributed by atoms with van der Waals surface area (Å²) in [5.74, 6) is -0.849. The standard InChI is InChI=1S/C18H21N3O7S/c1-4-14-11(2)10-21(16(14)23)17(24)19-9-15(22)12-5-7-13(8-6-12)29(26,27)20-18(25)28-3/h5-8H,4,9-10H2,1-3H3,(H,19,24)(H,20,25). The Labute approximate surface area is 167 Å². The zero-order valence-electron chi connectivity index (χ0n) is 16.1. The molecule has 0 bridgehead atoms. The zero-order valence-corrected chi connectivity index (χ0v) is 17.0. The fourth-order valence-electron chi connectivity index (χ4n) is 2.75. The first-order valence-electron chi connectivity index (χ1n) is 8.63. The number of carbonyl (C=O) groups excluding carboxylic acids is 4. The molecular weight excluding hydrogens is 402 g/mol. The maximum Gasteiger partial charge on any atom is 0.420 e. The Balaban J connectivity index is 1.97. The van der Waals surface area contributed by atoms with Crippen LogP contribution in [0.2, 0.25) is 0 Å². The normalized spacial score (nSPS) is 14.0. The highest BCUT2D eigenvalue weighted by Gasteiger charge is 2.31. The maximum absolute atomic E-state index is 12.2. The number of hydrogen-bond donors (Lipinski definition) is 2. The van der Waals surface area contributed by atoms with Gasteiger partial charge in [0.25, 0.3) is 15.9 Å². The van der Waals surface area contributed by atoms with Crippen LogP contribution in [0.1, 0.15) is 30.6 Å². The van der Waals surface area contributed by atoms with E-state index in [0.717, 1.165) is 29.7 Å². The second kappa shape index (κ2) is 8.86. The van der Waals surface area contributed by atoms with E-state index in [1.807, 2.05) is 6.92 Å². The first kappa shape index (κ1) is 22.1. The molecule has 1 aromatic rings. The molecule has 11 heteroatoms. The van der Waals surface area contributed by atoms with E-state index in [2.05, 4.69) is 10.1 Å². The summed E-state index contributed by atoms with van der Waals surface area (Å²) in [4.78, 5) is 48.5. The fourth-order valence-corrected chi connectivity index (χ4v) is 3.67. The first-order valence-corrected chi connectivity index (χ1v) is 10.1. The van der Waals surface area contributed by atoms with Gasteiger partial charge in [-0.15, -0.1) is 0 Å². The molecule has 0 fully saturated rings. The predicted octanol–water partition coefficient (Wildman–Crippen LogP) is 1.19. The third-order valence-electron chi connectivity index (χ3n) is 4.30. The molecule has 0 saturated heterocycles. The number of hydrogen-bond acceptors (Lipinski definition) is 7. The van der Waals surface area contributed by atoms with Crippen molar-refractivity contribution in [1.29, 1.82) is 0 Å². The number of nitrogens with one attached hydrogen (secondary N) is 2. The molecular formula is C18H21N3O7S. The predicted molar refractivity (Wildman–Crippen MR) is 102 cm³/mol. The van der Waals surface area contributed by atoms with E-state index < -0.39 is 27.9 Å². The van der Waals surface area contributed by atoms with Crippen LogP contribution in [0.5, 0.6) is 0 Å². The summed E-state index contributed by atoms with van der Waals surface area (Å²) in [6.45, 7) is 3.42. The van der Waals surface area contributed by atoms with Crippen LogP contribution >= 0.6 is 0 Å². The van der Waals surface area contributed by atoms with Crippen LogP contribution < -0.4 is 10.0 Å². The number of rotatable bonds is 6. The van der Waals surface area contributed by atoms with Gasteiger partial charge in [0.15, 0.2) is 5.78 Å². The summed E-state index contributed by atoms with van der Waals surface area (Å²) in [6.07, 6.45) is -0.617. The van der Waals surface area contributed by atoms with Crippen LogP contribution in [-0.2, 0) is 19.6 Å². The van der Waals surface area contributed by atoms with Gasteiger partial charge in [0.2, 0.25) is 0 Å². The van der Waals surface area contributed by atoms with Crippen molar-refractivity contribution in [2.24, 2.45) is 0 Å². The summed E-state index contributed by atoms with van der Waals surface area (Å²) in [5, 5.41) is 2.40. The molecule has 0 aliphatic carbocycles. The van der Waals surface area contributed by atoms with Crippen molar-refractivity contribution in [3.8, 4) is 0 Å². The van der Waals surface area contributed by atoms with Crippen LogP contribution in [0.4, 0.5) is 9.59 Å². The molecule has 2 rings (SSSR count). The molecule has 0 aromatic heterocycles. The van der Waals surface area contributed by atoms with Gasteiger partial charge in [0.1, 0.15) is 0 Å². The average molecular weight is 423 g/mol. The van der Waals surface area contributed by atoms with Crippen LogP contribution in [-0.4, -0.2) is 57.3 Å². The molecule has 4 amide bonds. The Bertz CT molecular complexity index is 981. The lowest BCUT2D eigenvalue weighted by atomic mass is 10.1. The number of ketones is 1. The maximum atomic E-state index is 12.2. The lowest BCUT2D eigenvalue weighted by Gasteiger charge is -2.15. The number of sulfonamides is 1. The highest BCUT2D eigenvalue weighted by Crippen LogP contribution is 2.21. The van der Waals surface area contributed by atoms with Gasteiger partial charge in [-0.3, -0.25) is 14.5 Å². The second-order valence-electron chi connectivity index (χ2n) is 6.21. The minimum Gasteiger partial charge on any atom is -0.452 e. The Morgan fingerprint density at radius 3 is 2.31 bits per heavy atom. The van der Waals surface area contributed by atoms with E-state index in [4.69, 9.17) is 0 Å². The molecule has 0 unspecified atom stereocenters. The minimum atomic E-state index is -4.12. The van der Waals surface area contributed by atoms with E-state index >= 15 is 0 Å². The van der Waals surface area contributed by atoms with Crippen LogP contribution in [0, 0.1) is 0 Å². The lowest BCUT2D eigenvalue weighted by Crippen LogP contribution is -2.43. The third-order valence-corrected chi connectivity index (χ3v) is 5.63. The quantitative estimate of drug-likeness (QED) is 0.655. The van der Waals surface area contributed by atoms with Gasteiger partial charge < -0.3 is 10.1 Å². The van der Waals surface area contributed by atoms with Gasteiger partial charge in [0, 0.05) is 11.1 Å². The minimum absolute atomic E-state index is 0.151. The molecule has 1 heterocycles. The van der Waals surface area contributed by atoms with Gasteiger partial charge in [0.05, 0.1) is 25.1 Å². The van der Waals surface area contributed by atoms with E-state index in [-0.39, 0.29) is 29.5 Å². The van der Waals surface area contributed by atoms with E-state index in [1.54, 1.807) is 11.6 Å². The highest BCUT2D eigenvalue weighted by molar-refractivity contribution is 7.90. The number of nitrogens with zero attached hydrogens (tertiary/aromatic N) is 1. The zero-order chi connectivity index (χ0) is 21.8. The Kier molecular flexibility index (Phi) is 6.75. The molecule has 156 valence electrons. The molecule has 1 aliphatic rings. The van der Waals surface area contributed by atoms with Crippen LogP contribution in [0.15, 0.2) is 40.3 Å². The Morgan fingerprint density at radius 1 is 1.17 bits per heavy atom. The fraction of sp³-hybridized carbons (Fsp3) is 0.333. The largest absolute Gasteiger partial charge is 0.452 e. The summed E-state index contributed by atoms with van der Waals surface area (Å²) >= 11 is 0. The summed E-state index contributed by atoms with van der Waals surface area (Å²) in [7, 11) is -3.10. The molecule has 0 atom stereocenters. The number of carbonyl (C=O) groups is 4. The molecule has 0 radical (unpaired) electrons. The molecule has 2 N–H and O–H groups in total. The number of Topliss-reactive ketones (excluding diaryl/α,β-unsaturated/α-hetero) is 1. The van der Waals surface area contributed by atoms with Gasteiger partial charge >= 0.3 is 12.1 Å². The summed E-state index contributed by atoms with van der Waals surface area (Å²) in [5.41, 5.74) is 1.55. The molecule has 0 saturated carbocycles. The molecule has 0 spiro atoms. The Hall–Kier alpha value is -3.21. The van der Waals surface area contributed by atoms with Crippen molar-refractivity contribution in [3.05, 3.63) is 41.0 Å². The Morgan fingerprint density at radius 2 is 1.79 bits per heavy atom. The van der Waals surface area contributed by atoms with Gasteiger partial charge in [-0.25, -0.2) is 22.7 Å². The van der Waals surface area contributed by atoms with E-state index in [0.29, 0.717) is 12.0 Å². The second-order valence-corrected chi connectivity index (χ2v) is 7.89. The number of methoxy groups -OCH3 is 1. The number of ether oxygens (including phenoxy) is 1. The lowest BCUT2D eigenvalue weighted by molar-refractivity contribution is -0.123. The number of benzene rings is 1. The van der Waals surface area contributed by atoms with Crippen molar-refractivity contribution in [2.45, 2.75) is 25.2 Å². The monoisotopic (exact) mass is 423 g/mol. The molecule has 1 aliphatic heterocycles. The molecule has 10 nitrogen and oxygen atoms in total. The van der Waals surface area contributed by atoms with Gasteiger partial charge in [-0.1, -0.05) is 6.92 Å². The van der Waals surface area contributed by atoms with Crippen molar-refractivity contribution >= 4 is 33.8 Å². The van der Waals surface area contributed by atoms with E-state index in [1.165, 1.54) is 12.1 Å². The van der Waals surface area contributed by atoms with Crippen molar-refractivity contribution < 1.29 is 32.3 Å². The van der Waals surface area contributed by atoms with Crippen molar-refractivity contribution in [3.63, 3.8) is 0 Å². The topological polar surface area (TPSA) is 139 Å². The summed E-state index contributed by atoms with van der Waals surface area (Å²) < 4.78 is 29.8. The smallest absolute Gasteiger partial charge is 0.420 e. The highest BCUT2D eigenvalue weighted by atomic mass is 32.2. The van der Waals surface area contributed by atoms with Gasteiger partial charge in [-0.2, -0.15) is 0 Å². The third kappa shape index (κ3) is 4.99. The molecule has 29 heavy (non-hydrogen) atoms. The average Bonchev–Trinajstić information content (AvgIpc) is 2.98. The first-order chi connectivity index (χ1) is 13.6. The number of urea groups is 1.